The molecule has 0 unspecified atom stereocenters. The van der Waals surface area contributed by atoms with Gasteiger partial charge in [-0.3, -0.25) is 0 Å². The summed E-state index contributed by atoms with van der Waals surface area (Å²) in [5.41, 5.74) is 0.886. The van der Waals surface area contributed by atoms with Crippen LogP contribution in [0.15, 0.2) is 18.3 Å². The largest absolute Gasteiger partial charge is 0.358 e. The van der Waals surface area contributed by atoms with E-state index in [2.05, 4.69) is 41.3 Å². The number of hydrogen-bond acceptors (Lipinski definition) is 3. The second kappa shape index (κ2) is 5.74. The topological polar surface area (TPSA) is 40.2 Å². The Bertz CT molecular complexity index is 430. The highest BCUT2D eigenvalue weighted by Gasteiger charge is 2.14. The van der Waals surface area contributed by atoms with E-state index in [0.29, 0.717) is 5.11 Å². The molecule has 1 fully saturated rings. The Balaban J connectivity index is 1.93. The minimum Gasteiger partial charge on any atom is -0.358 e. The molecular weight excluding hydrogens is 256 g/mol. The summed E-state index contributed by atoms with van der Waals surface area (Å²) in [5.74, 6) is 1.05. The van der Waals surface area contributed by atoms with Gasteiger partial charge in [0.1, 0.15) is 5.82 Å². The van der Waals surface area contributed by atoms with Crippen molar-refractivity contribution >= 4 is 28.8 Å². The van der Waals surface area contributed by atoms with Gasteiger partial charge in [-0.1, -0.05) is 0 Å². The van der Waals surface area contributed by atoms with Crippen LogP contribution in [0.4, 0.5) is 11.5 Å². The van der Waals surface area contributed by atoms with Gasteiger partial charge in [0.2, 0.25) is 0 Å². The van der Waals surface area contributed by atoms with E-state index in [0.717, 1.165) is 24.6 Å². The monoisotopic (exact) mass is 278 g/mol. The first-order chi connectivity index (χ1) is 8.94. The first kappa shape index (κ1) is 14.1. The zero-order chi connectivity index (χ0) is 13.9. The maximum absolute atomic E-state index is 5.26. The summed E-state index contributed by atoms with van der Waals surface area (Å²) in [6.45, 7) is 8.47. The van der Waals surface area contributed by atoms with Crippen molar-refractivity contribution in [2.45, 2.75) is 39.2 Å². The van der Waals surface area contributed by atoms with Crippen LogP contribution in [0.5, 0.6) is 0 Å². The van der Waals surface area contributed by atoms with Crippen LogP contribution < -0.4 is 15.5 Å². The molecule has 19 heavy (non-hydrogen) atoms. The van der Waals surface area contributed by atoms with Gasteiger partial charge >= 0.3 is 0 Å². The van der Waals surface area contributed by atoms with E-state index < -0.39 is 0 Å². The molecule has 0 aliphatic carbocycles. The SMILES string of the molecule is CC(C)(C)NC(=S)Nc1ccc(N2CCCC2)nc1. The lowest BCUT2D eigenvalue weighted by Gasteiger charge is -2.23. The van der Waals surface area contributed by atoms with Crippen molar-refractivity contribution in [2.75, 3.05) is 23.3 Å². The summed E-state index contributed by atoms with van der Waals surface area (Å²) in [4.78, 5) is 6.80. The van der Waals surface area contributed by atoms with Crippen molar-refractivity contribution in [2.24, 2.45) is 0 Å². The number of pyridine rings is 1. The Morgan fingerprint density at radius 1 is 1.26 bits per heavy atom. The van der Waals surface area contributed by atoms with Crippen LogP contribution in [0.3, 0.4) is 0 Å². The first-order valence-electron chi connectivity index (χ1n) is 6.74. The van der Waals surface area contributed by atoms with E-state index in [9.17, 15) is 0 Å². The minimum atomic E-state index is -0.0347. The first-order valence-corrected chi connectivity index (χ1v) is 7.15. The molecule has 0 spiro atoms. The van der Waals surface area contributed by atoms with Gasteiger partial charge in [0.15, 0.2) is 5.11 Å². The molecule has 1 saturated heterocycles. The summed E-state index contributed by atoms with van der Waals surface area (Å²) in [7, 11) is 0. The molecule has 0 saturated carbocycles. The molecule has 1 aliphatic heterocycles. The van der Waals surface area contributed by atoms with Crippen LogP contribution >= 0.6 is 12.2 Å². The fraction of sp³-hybridized carbons (Fsp3) is 0.571. The average Bonchev–Trinajstić information content (AvgIpc) is 2.80. The van der Waals surface area contributed by atoms with Gasteiger partial charge in [0.05, 0.1) is 11.9 Å². The summed E-state index contributed by atoms with van der Waals surface area (Å²) >= 11 is 5.26. The van der Waals surface area contributed by atoms with E-state index in [1.807, 2.05) is 18.3 Å². The second-order valence-electron chi connectivity index (χ2n) is 5.93. The molecule has 0 radical (unpaired) electrons. The Kier molecular flexibility index (Phi) is 4.24. The lowest BCUT2D eigenvalue weighted by molar-refractivity contribution is 0.515. The van der Waals surface area contributed by atoms with Gasteiger partial charge in [-0.25, -0.2) is 4.98 Å². The molecule has 2 rings (SSSR count). The predicted octanol–water partition coefficient (Wildman–Crippen LogP) is 2.77. The molecule has 2 N–H and O–H groups in total. The lowest BCUT2D eigenvalue weighted by atomic mass is 10.1. The number of anilines is 2. The van der Waals surface area contributed by atoms with E-state index in [1.54, 1.807) is 0 Å². The molecule has 0 bridgehead atoms. The number of rotatable bonds is 2. The highest BCUT2D eigenvalue weighted by molar-refractivity contribution is 7.80. The molecule has 1 aliphatic rings. The molecule has 5 heteroatoms. The maximum Gasteiger partial charge on any atom is 0.171 e. The summed E-state index contributed by atoms with van der Waals surface area (Å²) < 4.78 is 0. The van der Waals surface area contributed by atoms with Crippen LogP contribution in [-0.4, -0.2) is 28.7 Å². The van der Waals surface area contributed by atoms with Gasteiger partial charge in [-0.15, -0.1) is 0 Å². The summed E-state index contributed by atoms with van der Waals surface area (Å²) in [6.07, 6.45) is 4.37. The third-order valence-corrected chi connectivity index (χ3v) is 3.13. The van der Waals surface area contributed by atoms with Crippen LogP contribution in [-0.2, 0) is 0 Å². The molecule has 4 nitrogen and oxygen atoms in total. The van der Waals surface area contributed by atoms with E-state index in [4.69, 9.17) is 12.2 Å². The summed E-state index contributed by atoms with van der Waals surface area (Å²) in [6, 6.07) is 4.07. The Morgan fingerprint density at radius 3 is 2.47 bits per heavy atom. The van der Waals surface area contributed by atoms with Crippen LogP contribution in [0, 0.1) is 0 Å². The molecular formula is C14H22N4S. The highest BCUT2D eigenvalue weighted by atomic mass is 32.1. The average molecular weight is 278 g/mol. The van der Waals surface area contributed by atoms with Gasteiger partial charge in [0, 0.05) is 18.6 Å². The standard InChI is InChI=1S/C14H22N4S/c1-14(2,3)17-13(19)16-11-6-7-12(15-10-11)18-8-4-5-9-18/h6-7,10H,4-5,8-9H2,1-3H3,(H2,16,17,19). The molecule has 0 atom stereocenters. The maximum atomic E-state index is 5.26. The molecule has 104 valence electrons. The second-order valence-corrected chi connectivity index (χ2v) is 6.34. The van der Waals surface area contributed by atoms with Crippen molar-refractivity contribution in [1.29, 1.82) is 0 Å². The van der Waals surface area contributed by atoms with Crippen molar-refractivity contribution in [3.05, 3.63) is 18.3 Å². The Morgan fingerprint density at radius 2 is 1.95 bits per heavy atom. The lowest BCUT2D eigenvalue weighted by Crippen LogP contribution is -2.42. The molecule has 2 heterocycles. The van der Waals surface area contributed by atoms with Crippen molar-refractivity contribution in [1.82, 2.24) is 10.3 Å². The Hall–Kier alpha value is -1.36. The third kappa shape index (κ3) is 4.35. The summed E-state index contributed by atoms with van der Waals surface area (Å²) in [5, 5.41) is 7.00. The normalized spacial score (nSPS) is 15.4. The predicted molar refractivity (Wildman–Crippen MR) is 84.8 cm³/mol. The molecule has 0 amide bonds. The number of nitrogens with zero attached hydrogens (tertiary/aromatic N) is 2. The van der Waals surface area contributed by atoms with Crippen LogP contribution in [0.25, 0.3) is 0 Å². The fourth-order valence-corrected chi connectivity index (χ4v) is 2.52. The Labute approximate surface area is 120 Å². The molecule has 1 aromatic rings. The molecule has 0 aromatic carbocycles. The smallest absolute Gasteiger partial charge is 0.171 e. The zero-order valence-corrected chi connectivity index (χ0v) is 12.7. The van der Waals surface area contributed by atoms with E-state index in [1.165, 1.54) is 12.8 Å². The van der Waals surface area contributed by atoms with Crippen LogP contribution in [0.2, 0.25) is 0 Å². The quantitative estimate of drug-likeness (QED) is 0.814. The van der Waals surface area contributed by atoms with Gasteiger partial charge in [-0.2, -0.15) is 0 Å². The number of thiocarbonyl (C=S) groups is 1. The molecule has 1 aromatic heterocycles. The van der Waals surface area contributed by atoms with E-state index in [-0.39, 0.29) is 5.54 Å². The zero-order valence-electron chi connectivity index (χ0n) is 11.9. The van der Waals surface area contributed by atoms with Crippen molar-refractivity contribution in [3.63, 3.8) is 0 Å². The van der Waals surface area contributed by atoms with Crippen molar-refractivity contribution in [3.8, 4) is 0 Å². The number of hydrogen-bond donors (Lipinski definition) is 2. The van der Waals surface area contributed by atoms with Crippen LogP contribution in [0.1, 0.15) is 33.6 Å². The van der Waals surface area contributed by atoms with Gasteiger partial charge in [0.25, 0.3) is 0 Å². The minimum absolute atomic E-state index is 0.0347. The van der Waals surface area contributed by atoms with Crippen molar-refractivity contribution < 1.29 is 0 Å². The number of aromatic nitrogens is 1. The van der Waals surface area contributed by atoms with E-state index >= 15 is 0 Å². The number of nitrogens with one attached hydrogen (secondary N) is 2. The van der Waals surface area contributed by atoms with Gasteiger partial charge in [-0.05, 0) is 58.0 Å². The fourth-order valence-electron chi connectivity index (χ4n) is 2.10. The van der Waals surface area contributed by atoms with Gasteiger partial charge < -0.3 is 15.5 Å². The third-order valence-electron chi connectivity index (χ3n) is 2.92. The highest BCUT2D eigenvalue weighted by Crippen LogP contribution is 2.19.